The molecule has 0 bridgehead atoms. The molecule has 1 aliphatic heterocycles. The van der Waals surface area contributed by atoms with E-state index >= 15 is 0 Å². The van der Waals surface area contributed by atoms with E-state index in [1.807, 2.05) is 55.5 Å². The van der Waals surface area contributed by atoms with E-state index in [4.69, 9.17) is 4.74 Å². The molecular weight excluding hydrogens is 390 g/mol. The molecule has 1 amide bonds. The number of rotatable bonds is 6. The third-order valence-electron chi connectivity index (χ3n) is 4.93. The van der Waals surface area contributed by atoms with Crippen LogP contribution in [0, 0.1) is 0 Å². The zero-order valence-electron chi connectivity index (χ0n) is 17.4. The van der Waals surface area contributed by atoms with Crippen LogP contribution in [-0.4, -0.2) is 42.2 Å². The van der Waals surface area contributed by atoms with Crippen molar-refractivity contribution in [2.75, 3.05) is 41.8 Å². The average molecular weight is 415 g/mol. The van der Waals surface area contributed by atoms with Crippen molar-refractivity contribution < 1.29 is 9.53 Å². The molecule has 2 aromatic carbocycles. The third kappa shape index (κ3) is 5.26. The molecule has 158 valence electrons. The van der Waals surface area contributed by atoms with Crippen molar-refractivity contribution in [2.45, 2.75) is 6.92 Å². The van der Waals surface area contributed by atoms with Crippen LogP contribution in [0.1, 0.15) is 6.92 Å². The highest BCUT2D eigenvalue weighted by Gasteiger charge is 2.15. The summed E-state index contributed by atoms with van der Waals surface area (Å²) >= 11 is 0. The van der Waals surface area contributed by atoms with Gasteiger partial charge in [-0.3, -0.25) is 4.79 Å². The topological polar surface area (TPSA) is 79.4 Å². The van der Waals surface area contributed by atoms with Crippen LogP contribution in [-0.2, 0) is 9.53 Å². The Morgan fingerprint density at radius 3 is 2.74 bits per heavy atom. The molecule has 0 saturated carbocycles. The van der Waals surface area contributed by atoms with E-state index in [1.165, 1.54) is 6.08 Å². The number of morpholine rings is 1. The minimum Gasteiger partial charge on any atom is -0.378 e. The fraction of sp³-hybridized carbons (Fsp3) is 0.208. The van der Waals surface area contributed by atoms with Crippen LogP contribution < -0.4 is 15.5 Å². The van der Waals surface area contributed by atoms with Gasteiger partial charge in [0.2, 0.25) is 5.91 Å². The minimum atomic E-state index is -0.163. The van der Waals surface area contributed by atoms with Gasteiger partial charge in [-0.25, -0.2) is 9.97 Å². The number of nitrogens with zero attached hydrogens (tertiary/aromatic N) is 3. The van der Waals surface area contributed by atoms with Gasteiger partial charge in [0.1, 0.15) is 12.1 Å². The van der Waals surface area contributed by atoms with Crippen LogP contribution in [0.4, 0.5) is 22.9 Å². The largest absolute Gasteiger partial charge is 0.378 e. The van der Waals surface area contributed by atoms with Gasteiger partial charge in [0, 0.05) is 30.4 Å². The van der Waals surface area contributed by atoms with Gasteiger partial charge >= 0.3 is 0 Å². The normalized spacial score (nSPS) is 13.9. The Bertz CT molecular complexity index is 1080. The fourth-order valence-electron chi connectivity index (χ4n) is 3.47. The molecule has 7 heteroatoms. The lowest BCUT2D eigenvalue weighted by Gasteiger charge is -2.30. The first-order valence-electron chi connectivity index (χ1n) is 10.3. The highest BCUT2D eigenvalue weighted by molar-refractivity contribution is 5.99. The molecular formula is C24H25N5O2. The number of para-hydroxylation sites is 2. The number of carbonyl (C=O) groups excluding carboxylic acids is 1. The van der Waals surface area contributed by atoms with Gasteiger partial charge in [0.05, 0.1) is 30.3 Å². The first kappa shape index (κ1) is 20.6. The summed E-state index contributed by atoms with van der Waals surface area (Å²) in [6.45, 7) is 4.99. The molecule has 0 aliphatic carbocycles. The van der Waals surface area contributed by atoms with Gasteiger partial charge in [0.15, 0.2) is 0 Å². The predicted molar refractivity (Wildman–Crippen MR) is 124 cm³/mol. The Morgan fingerprint density at radius 1 is 1.06 bits per heavy atom. The molecule has 1 aromatic heterocycles. The van der Waals surface area contributed by atoms with Crippen molar-refractivity contribution in [3.05, 3.63) is 73.1 Å². The lowest BCUT2D eigenvalue weighted by atomic mass is 10.1. The highest BCUT2D eigenvalue weighted by atomic mass is 16.5. The molecule has 0 radical (unpaired) electrons. The summed E-state index contributed by atoms with van der Waals surface area (Å²) in [6.07, 6.45) is 4.74. The van der Waals surface area contributed by atoms with Gasteiger partial charge in [-0.2, -0.15) is 0 Å². The fourth-order valence-corrected chi connectivity index (χ4v) is 3.47. The molecule has 3 aromatic rings. The third-order valence-corrected chi connectivity index (χ3v) is 4.93. The lowest BCUT2D eigenvalue weighted by Crippen LogP contribution is -2.36. The zero-order valence-corrected chi connectivity index (χ0v) is 17.4. The summed E-state index contributed by atoms with van der Waals surface area (Å²) in [7, 11) is 0. The van der Waals surface area contributed by atoms with Crippen LogP contribution in [0.3, 0.4) is 0 Å². The number of aromatic nitrogens is 2. The van der Waals surface area contributed by atoms with Crippen molar-refractivity contribution >= 4 is 28.8 Å². The van der Waals surface area contributed by atoms with E-state index in [0.717, 1.165) is 48.9 Å². The van der Waals surface area contributed by atoms with Crippen LogP contribution in [0.5, 0.6) is 0 Å². The Kier molecular flexibility index (Phi) is 6.54. The Balaban J connectivity index is 1.56. The summed E-state index contributed by atoms with van der Waals surface area (Å²) < 4.78 is 5.48. The number of anilines is 4. The maximum absolute atomic E-state index is 11.8. The summed E-state index contributed by atoms with van der Waals surface area (Å²) in [5.74, 6) is 0.540. The number of allylic oxidation sites excluding steroid dienone is 1. The van der Waals surface area contributed by atoms with E-state index in [9.17, 15) is 4.79 Å². The minimum absolute atomic E-state index is 0.163. The van der Waals surface area contributed by atoms with Crippen LogP contribution in [0.2, 0.25) is 0 Å². The summed E-state index contributed by atoms with van der Waals surface area (Å²) in [5.41, 5.74) is 4.49. The van der Waals surface area contributed by atoms with Crippen molar-refractivity contribution in [3.8, 4) is 11.3 Å². The number of ether oxygens (including phenoxy) is 1. The summed E-state index contributed by atoms with van der Waals surface area (Å²) in [4.78, 5) is 23.0. The number of carbonyl (C=O) groups is 1. The molecule has 31 heavy (non-hydrogen) atoms. The maximum atomic E-state index is 11.8. The molecule has 2 heterocycles. The van der Waals surface area contributed by atoms with Crippen LogP contribution in [0.25, 0.3) is 11.3 Å². The van der Waals surface area contributed by atoms with Crippen LogP contribution >= 0.6 is 0 Å². The van der Waals surface area contributed by atoms with Crippen molar-refractivity contribution in [1.29, 1.82) is 0 Å². The molecule has 4 rings (SSSR count). The predicted octanol–water partition coefficient (Wildman–Crippen LogP) is 4.24. The molecule has 2 N–H and O–H groups in total. The van der Waals surface area contributed by atoms with Gasteiger partial charge in [-0.15, -0.1) is 0 Å². The molecule has 0 unspecified atom stereocenters. The maximum Gasteiger partial charge on any atom is 0.248 e. The number of hydrogen-bond donors (Lipinski definition) is 2. The van der Waals surface area contributed by atoms with Gasteiger partial charge in [0.25, 0.3) is 0 Å². The van der Waals surface area contributed by atoms with E-state index in [-0.39, 0.29) is 5.91 Å². The van der Waals surface area contributed by atoms with E-state index in [2.05, 4.69) is 31.6 Å². The smallest absolute Gasteiger partial charge is 0.248 e. The van der Waals surface area contributed by atoms with E-state index in [0.29, 0.717) is 11.5 Å². The number of benzene rings is 2. The van der Waals surface area contributed by atoms with Crippen molar-refractivity contribution in [2.24, 2.45) is 0 Å². The second kappa shape index (κ2) is 9.86. The lowest BCUT2D eigenvalue weighted by molar-refractivity contribution is -0.111. The number of amides is 1. The molecule has 1 fully saturated rings. The molecule has 0 atom stereocenters. The quantitative estimate of drug-likeness (QED) is 0.587. The number of nitrogens with one attached hydrogen (secondary N) is 2. The number of hydrogen-bond acceptors (Lipinski definition) is 6. The molecule has 0 spiro atoms. The zero-order chi connectivity index (χ0) is 21.5. The Labute approximate surface area is 181 Å². The summed E-state index contributed by atoms with van der Waals surface area (Å²) in [6, 6.07) is 17.7. The first-order valence-corrected chi connectivity index (χ1v) is 10.3. The Morgan fingerprint density at radius 2 is 1.90 bits per heavy atom. The SMILES string of the molecule is CC=CC(=O)Nc1cccc(-c2cc(Nc3ccccc3N3CCOCC3)ncn2)c1. The van der Waals surface area contributed by atoms with Gasteiger partial charge in [-0.05, 0) is 37.3 Å². The monoisotopic (exact) mass is 415 g/mol. The van der Waals surface area contributed by atoms with Crippen molar-refractivity contribution in [3.63, 3.8) is 0 Å². The highest BCUT2D eigenvalue weighted by Crippen LogP contribution is 2.30. The van der Waals surface area contributed by atoms with Crippen LogP contribution in [0.15, 0.2) is 73.1 Å². The average Bonchev–Trinajstić information content (AvgIpc) is 2.80. The second-order valence-corrected chi connectivity index (χ2v) is 7.10. The molecule has 1 aliphatic rings. The van der Waals surface area contributed by atoms with Crippen molar-refractivity contribution in [1.82, 2.24) is 9.97 Å². The molecule has 1 saturated heterocycles. The molecule has 7 nitrogen and oxygen atoms in total. The first-order chi connectivity index (χ1) is 15.2. The van der Waals surface area contributed by atoms with Gasteiger partial charge in [-0.1, -0.05) is 30.3 Å². The standard InChI is InChI=1S/C24H25N5O2/c1-2-6-24(30)27-19-8-5-7-18(15-19)21-16-23(26-17-25-21)28-20-9-3-4-10-22(20)29-11-13-31-14-12-29/h2-10,15-17H,11-14H2,1H3,(H,27,30)(H,25,26,28). The Hall–Kier alpha value is -3.71. The van der Waals surface area contributed by atoms with E-state index in [1.54, 1.807) is 12.4 Å². The summed E-state index contributed by atoms with van der Waals surface area (Å²) in [5, 5.41) is 6.28. The van der Waals surface area contributed by atoms with Gasteiger partial charge < -0.3 is 20.3 Å². The van der Waals surface area contributed by atoms with E-state index < -0.39 is 0 Å². The second-order valence-electron chi connectivity index (χ2n) is 7.10.